The predicted octanol–water partition coefficient (Wildman–Crippen LogP) is 5.37. The molecule has 0 radical (unpaired) electrons. The van der Waals surface area contributed by atoms with Gasteiger partial charge in [0.25, 0.3) is 0 Å². The third-order valence-corrected chi connectivity index (χ3v) is 7.78. The molecule has 2 aromatic heterocycles. The highest BCUT2D eigenvalue weighted by Gasteiger charge is 2.23. The average Bonchev–Trinajstić information content (AvgIpc) is 2.99. The second kappa shape index (κ2) is 6.53. The molecule has 0 saturated heterocycles. The minimum atomic E-state index is 0.341. The maximum absolute atomic E-state index is 3.73. The first-order valence-corrected chi connectivity index (χ1v) is 10.5. The van der Waals surface area contributed by atoms with Gasteiger partial charge in [-0.05, 0) is 59.3 Å². The summed E-state index contributed by atoms with van der Waals surface area (Å²) in [7, 11) is 0. The number of thioether (sulfide) groups is 1. The molecule has 0 spiro atoms. The van der Waals surface area contributed by atoms with Gasteiger partial charge in [0.1, 0.15) is 0 Å². The Morgan fingerprint density at radius 1 is 1.35 bits per heavy atom. The number of thiophene rings is 2. The third-order valence-electron chi connectivity index (χ3n) is 3.44. The van der Waals surface area contributed by atoms with E-state index in [1.54, 1.807) is 10.4 Å². The maximum Gasteiger partial charge on any atom is 0.0776 e. The van der Waals surface area contributed by atoms with Gasteiger partial charge in [-0.1, -0.05) is 6.92 Å². The lowest BCUT2D eigenvalue weighted by Crippen LogP contribution is -2.20. The van der Waals surface area contributed by atoms with E-state index >= 15 is 0 Å². The van der Waals surface area contributed by atoms with Crippen LogP contribution in [-0.4, -0.2) is 12.3 Å². The van der Waals surface area contributed by atoms with Gasteiger partial charge in [0.2, 0.25) is 0 Å². The summed E-state index contributed by atoms with van der Waals surface area (Å²) < 4.78 is 1.24. The zero-order valence-corrected chi connectivity index (χ0v) is 15.7. The topological polar surface area (TPSA) is 12.0 Å². The second-order valence-electron chi connectivity index (χ2n) is 4.96. The van der Waals surface area contributed by atoms with Crippen molar-refractivity contribution < 1.29 is 0 Å². The molecule has 1 aliphatic heterocycles. The van der Waals surface area contributed by atoms with Gasteiger partial charge in [0.15, 0.2) is 0 Å². The van der Waals surface area contributed by atoms with Crippen LogP contribution in [0.25, 0.3) is 0 Å². The molecular weight excluding hydrogens is 370 g/mol. The predicted molar refractivity (Wildman–Crippen MR) is 96.5 cm³/mol. The van der Waals surface area contributed by atoms with Crippen molar-refractivity contribution in [1.29, 1.82) is 0 Å². The van der Waals surface area contributed by atoms with Crippen molar-refractivity contribution in [2.24, 2.45) is 0 Å². The minimum Gasteiger partial charge on any atom is -0.305 e. The number of hydrogen-bond acceptors (Lipinski definition) is 4. The van der Waals surface area contributed by atoms with Crippen LogP contribution in [0, 0.1) is 6.92 Å². The summed E-state index contributed by atoms with van der Waals surface area (Å²) in [6.07, 6.45) is 1.24. The van der Waals surface area contributed by atoms with Gasteiger partial charge < -0.3 is 5.32 Å². The Balaban J connectivity index is 1.98. The van der Waals surface area contributed by atoms with Crippen LogP contribution in [0.5, 0.6) is 0 Å². The van der Waals surface area contributed by atoms with E-state index < -0.39 is 0 Å². The fourth-order valence-electron chi connectivity index (χ4n) is 2.54. The molecular formula is C15H18BrNS3. The molecule has 0 saturated carbocycles. The van der Waals surface area contributed by atoms with Crippen molar-refractivity contribution >= 4 is 50.4 Å². The van der Waals surface area contributed by atoms with E-state index in [4.69, 9.17) is 0 Å². The largest absolute Gasteiger partial charge is 0.305 e. The van der Waals surface area contributed by atoms with Crippen LogP contribution in [0.3, 0.4) is 0 Å². The molecule has 20 heavy (non-hydrogen) atoms. The van der Waals surface area contributed by atoms with Crippen LogP contribution in [0.1, 0.15) is 38.0 Å². The molecule has 3 heterocycles. The quantitative estimate of drug-likeness (QED) is 0.756. The highest BCUT2D eigenvalue weighted by atomic mass is 79.9. The molecule has 1 atom stereocenters. The van der Waals surface area contributed by atoms with Crippen LogP contribution in [0.4, 0.5) is 0 Å². The Morgan fingerprint density at radius 3 is 2.85 bits per heavy atom. The molecule has 108 valence electrons. The van der Waals surface area contributed by atoms with Crippen LogP contribution in [0.15, 0.2) is 16.6 Å². The van der Waals surface area contributed by atoms with E-state index in [-0.39, 0.29) is 0 Å². The summed E-state index contributed by atoms with van der Waals surface area (Å²) in [6.45, 7) is 5.36. The molecule has 1 unspecified atom stereocenters. The first-order chi connectivity index (χ1) is 9.69. The van der Waals surface area contributed by atoms with Crippen LogP contribution in [-0.2, 0) is 12.2 Å². The number of halogens is 1. The fourth-order valence-corrected chi connectivity index (χ4v) is 7.05. The molecule has 1 aliphatic rings. The number of hydrogen-bond donors (Lipinski definition) is 1. The molecule has 1 N–H and O–H groups in total. The Morgan fingerprint density at radius 2 is 2.20 bits per heavy atom. The molecule has 0 amide bonds. The van der Waals surface area contributed by atoms with E-state index in [2.05, 4.69) is 59.0 Å². The number of aryl methyl sites for hydroxylation is 2. The van der Waals surface area contributed by atoms with Crippen molar-refractivity contribution in [2.75, 3.05) is 12.3 Å². The van der Waals surface area contributed by atoms with Gasteiger partial charge in [-0.3, -0.25) is 0 Å². The smallest absolute Gasteiger partial charge is 0.0776 e. The summed E-state index contributed by atoms with van der Waals surface area (Å²) in [5, 5.41) is 3.66. The fraction of sp³-hybridized carbons (Fsp3) is 0.467. The Bertz CT molecular complexity index is 579. The Kier molecular flexibility index (Phi) is 4.93. The van der Waals surface area contributed by atoms with Crippen LogP contribution >= 0.6 is 50.4 Å². The summed E-state index contributed by atoms with van der Waals surface area (Å²) in [6, 6.07) is 5.00. The van der Waals surface area contributed by atoms with Crippen molar-refractivity contribution in [2.45, 2.75) is 32.1 Å². The van der Waals surface area contributed by atoms with Crippen LogP contribution in [0.2, 0.25) is 0 Å². The van der Waals surface area contributed by atoms with E-state index in [1.165, 1.54) is 37.0 Å². The minimum absolute atomic E-state index is 0.341. The molecule has 0 bridgehead atoms. The zero-order valence-electron chi connectivity index (χ0n) is 11.7. The second-order valence-corrected chi connectivity index (χ2v) is 9.38. The number of fused-ring (bicyclic) bond motifs is 1. The van der Waals surface area contributed by atoms with E-state index in [1.807, 2.05) is 22.7 Å². The van der Waals surface area contributed by atoms with Crippen LogP contribution < -0.4 is 5.32 Å². The molecule has 0 aromatic carbocycles. The van der Waals surface area contributed by atoms with Gasteiger partial charge in [-0.15, -0.1) is 22.7 Å². The number of nitrogens with one attached hydrogen (secondary N) is 1. The van der Waals surface area contributed by atoms with Gasteiger partial charge in [-0.25, -0.2) is 0 Å². The first-order valence-electron chi connectivity index (χ1n) is 6.87. The number of rotatable bonds is 4. The zero-order chi connectivity index (χ0) is 14.1. The molecule has 0 aliphatic carbocycles. The van der Waals surface area contributed by atoms with Crippen molar-refractivity contribution in [3.8, 4) is 0 Å². The SMILES string of the molecule is CCNC(c1cc2c(s1)CCSC2)c1sc(C)cc1Br. The average molecular weight is 388 g/mol. The summed E-state index contributed by atoms with van der Waals surface area (Å²) >= 11 is 9.69. The lowest BCUT2D eigenvalue weighted by Gasteiger charge is -2.15. The lowest BCUT2D eigenvalue weighted by atomic mass is 10.1. The molecule has 1 nitrogen and oxygen atoms in total. The molecule has 2 aromatic rings. The normalized spacial score (nSPS) is 16.1. The molecule has 3 rings (SSSR count). The summed E-state index contributed by atoms with van der Waals surface area (Å²) in [5.74, 6) is 2.47. The monoisotopic (exact) mass is 387 g/mol. The summed E-state index contributed by atoms with van der Waals surface area (Å²) in [5.41, 5.74) is 1.56. The van der Waals surface area contributed by atoms with Gasteiger partial charge in [0.05, 0.1) is 6.04 Å². The van der Waals surface area contributed by atoms with Crippen molar-refractivity contribution in [3.63, 3.8) is 0 Å². The van der Waals surface area contributed by atoms with E-state index in [0.717, 1.165) is 6.54 Å². The van der Waals surface area contributed by atoms with Crippen molar-refractivity contribution in [3.05, 3.63) is 41.7 Å². The van der Waals surface area contributed by atoms with Gasteiger partial charge in [0, 0.05) is 29.7 Å². The highest BCUT2D eigenvalue weighted by molar-refractivity contribution is 9.10. The molecule has 0 fully saturated rings. The van der Waals surface area contributed by atoms with Gasteiger partial charge in [-0.2, -0.15) is 11.8 Å². The van der Waals surface area contributed by atoms with Crippen molar-refractivity contribution in [1.82, 2.24) is 5.32 Å². The third kappa shape index (κ3) is 3.02. The lowest BCUT2D eigenvalue weighted by molar-refractivity contribution is 0.647. The summed E-state index contributed by atoms with van der Waals surface area (Å²) in [4.78, 5) is 5.86. The standard InChI is InChI=1S/C15H18BrNS3/c1-3-17-14(15-11(16)6-9(2)19-15)13-7-10-8-18-5-4-12(10)20-13/h6-7,14,17H,3-5,8H2,1-2H3. The van der Waals surface area contributed by atoms with Gasteiger partial charge >= 0.3 is 0 Å². The first kappa shape index (κ1) is 15.1. The Labute approximate surface area is 141 Å². The Hall–Kier alpha value is 0.190. The van der Waals surface area contributed by atoms with E-state index in [0.29, 0.717) is 6.04 Å². The highest BCUT2D eigenvalue weighted by Crippen LogP contribution is 2.41. The molecule has 5 heteroatoms. The maximum atomic E-state index is 3.73. The van der Waals surface area contributed by atoms with E-state index in [9.17, 15) is 0 Å².